The molecule has 1 aliphatic carbocycles. The summed E-state index contributed by atoms with van der Waals surface area (Å²) in [5, 5.41) is 0. The van der Waals surface area contributed by atoms with Crippen LogP contribution in [-0.4, -0.2) is 9.97 Å². The Morgan fingerprint density at radius 1 is 1.27 bits per heavy atom. The van der Waals surface area contributed by atoms with Crippen molar-refractivity contribution in [3.63, 3.8) is 0 Å². The minimum Gasteiger partial charge on any atom is -0.368 e. The quantitative estimate of drug-likeness (QED) is 0.603. The molecule has 0 spiro atoms. The normalized spacial score (nSPS) is 12.3. The lowest BCUT2D eigenvalue weighted by atomic mass is 10.1. The summed E-state index contributed by atoms with van der Waals surface area (Å²) in [6.07, 6.45) is 2.35. The Kier molecular flexibility index (Phi) is 1.54. The maximum Gasteiger partial charge on any atom is 0.220 e. The highest BCUT2D eigenvalue weighted by Crippen LogP contribution is 2.36. The molecule has 4 heteroatoms. The van der Waals surface area contributed by atoms with Gasteiger partial charge in [-0.3, -0.25) is 0 Å². The van der Waals surface area contributed by atoms with Gasteiger partial charge in [-0.1, -0.05) is 12.1 Å². The molecule has 2 aromatic rings. The van der Waals surface area contributed by atoms with Gasteiger partial charge in [-0.05, 0) is 11.6 Å². The summed E-state index contributed by atoms with van der Waals surface area (Å²) < 4.78 is 13.6. The number of anilines is 1. The number of nitrogens with zero attached hydrogens (tertiary/aromatic N) is 2. The molecule has 0 atom stereocenters. The standard InChI is InChI=1S/C11H8FN3/c12-8-3-1-2-6-4-7-5-14-11(13)15-10(7)9(6)8/h1-3,5H,4H2,(H2,13,14,15). The first-order valence-corrected chi connectivity index (χ1v) is 4.65. The van der Waals surface area contributed by atoms with Gasteiger partial charge in [0, 0.05) is 23.7 Å². The molecular formula is C11H8FN3. The highest BCUT2D eigenvalue weighted by molar-refractivity contribution is 5.74. The van der Waals surface area contributed by atoms with E-state index in [0.29, 0.717) is 17.7 Å². The highest BCUT2D eigenvalue weighted by Gasteiger charge is 2.23. The topological polar surface area (TPSA) is 51.8 Å². The zero-order valence-corrected chi connectivity index (χ0v) is 7.87. The van der Waals surface area contributed by atoms with Crippen LogP contribution < -0.4 is 5.73 Å². The van der Waals surface area contributed by atoms with E-state index in [1.807, 2.05) is 6.07 Å². The van der Waals surface area contributed by atoms with E-state index in [1.54, 1.807) is 12.3 Å². The number of fused-ring (bicyclic) bond motifs is 3. The Hall–Kier alpha value is -1.97. The van der Waals surface area contributed by atoms with Gasteiger partial charge in [-0.15, -0.1) is 0 Å². The fraction of sp³-hybridized carbons (Fsp3) is 0.0909. The second kappa shape index (κ2) is 2.76. The van der Waals surface area contributed by atoms with Gasteiger partial charge in [-0.25, -0.2) is 14.4 Å². The Labute approximate surface area is 85.8 Å². The van der Waals surface area contributed by atoms with Crippen LogP contribution in [-0.2, 0) is 6.42 Å². The molecule has 3 nitrogen and oxygen atoms in total. The summed E-state index contributed by atoms with van der Waals surface area (Å²) in [7, 11) is 0. The minimum absolute atomic E-state index is 0.185. The smallest absolute Gasteiger partial charge is 0.220 e. The molecule has 1 aliphatic rings. The predicted molar refractivity (Wildman–Crippen MR) is 54.6 cm³/mol. The van der Waals surface area contributed by atoms with Gasteiger partial charge in [-0.2, -0.15) is 0 Å². The number of hydrogen-bond acceptors (Lipinski definition) is 3. The summed E-state index contributed by atoms with van der Waals surface area (Å²) in [4.78, 5) is 7.99. The molecule has 0 aliphatic heterocycles. The first-order valence-electron chi connectivity index (χ1n) is 4.65. The molecule has 3 rings (SSSR count). The van der Waals surface area contributed by atoms with Crippen LogP contribution in [0.15, 0.2) is 24.4 Å². The van der Waals surface area contributed by atoms with Crippen LogP contribution in [0, 0.1) is 5.82 Å². The lowest BCUT2D eigenvalue weighted by Crippen LogP contribution is -1.97. The Bertz CT molecular complexity index is 552. The van der Waals surface area contributed by atoms with E-state index in [2.05, 4.69) is 9.97 Å². The van der Waals surface area contributed by atoms with Gasteiger partial charge in [0.15, 0.2) is 0 Å². The molecule has 0 saturated heterocycles. The maximum atomic E-state index is 13.6. The zero-order chi connectivity index (χ0) is 10.4. The average Bonchev–Trinajstić information content (AvgIpc) is 2.57. The third-order valence-corrected chi connectivity index (χ3v) is 2.60. The second-order valence-corrected chi connectivity index (χ2v) is 3.55. The SMILES string of the molecule is Nc1ncc2c(n1)-c1c(F)cccc1C2. The Balaban J connectivity index is 2.33. The van der Waals surface area contributed by atoms with E-state index in [9.17, 15) is 4.39 Å². The predicted octanol–water partition coefficient (Wildman–Crippen LogP) is 1.77. The number of halogens is 1. The Morgan fingerprint density at radius 3 is 3.00 bits per heavy atom. The van der Waals surface area contributed by atoms with Crippen LogP contribution in [0.3, 0.4) is 0 Å². The zero-order valence-electron chi connectivity index (χ0n) is 7.87. The van der Waals surface area contributed by atoms with Crippen molar-refractivity contribution in [2.75, 3.05) is 5.73 Å². The van der Waals surface area contributed by atoms with E-state index in [1.165, 1.54) is 6.07 Å². The molecular weight excluding hydrogens is 193 g/mol. The van der Waals surface area contributed by atoms with Crippen molar-refractivity contribution < 1.29 is 4.39 Å². The van der Waals surface area contributed by atoms with Gasteiger partial charge >= 0.3 is 0 Å². The third kappa shape index (κ3) is 1.11. The summed E-state index contributed by atoms with van der Waals surface area (Å²) in [6.45, 7) is 0. The van der Waals surface area contributed by atoms with Crippen LogP contribution in [0.1, 0.15) is 11.1 Å². The molecule has 0 fully saturated rings. The summed E-state index contributed by atoms with van der Waals surface area (Å²) in [5.41, 5.74) is 8.58. The van der Waals surface area contributed by atoms with Crippen LogP contribution >= 0.6 is 0 Å². The highest BCUT2D eigenvalue weighted by atomic mass is 19.1. The van der Waals surface area contributed by atoms with Crippen molar-refractivity contribution >= 4 is 5.95 Å². The summed E-state index contributed by atoms with van der Waals surface area (Å²) >= 11 is 0. The molecule has 1 heterocycles. The molecule has 1 aromatic heterocycles. The minimum atomic E-state index is -0.246. The van der Waals surface area contributed by atoms with E-state index >= 15 is 0 Å². The lowest BCUT2D eigenvalue weighted by molar-refractivity contribution is 0.630. The molecule has 0 unspecified atom stereocenters. The molecule has 0 radical (unpaired) electrons. The largest absolute Gasteiger partial charge is 0.368 e. The van der Waals surface area contributed by atoms with Gasteiger partial charge in [0.1, 0.15) is 5.82 Å². The van der Waals surface area contributed by atoms with Crippen molar-refractivity contribution in [1.82, 2.24) is 9.97 Å². The summed E-state index contributed by atoms with van der Waals surface area (Å²) in [5.74, 6) is -0.0609. The molecule has 1 aromatic carbocycles. The van der Waals surface area contributed by atoms with E-state index in [-0.39, 0.29) is 11.8 Å². The van der Waals surface area contributed by atoms with Crippen molar-refractivity contribution in [2.24, 2.45) is 0 Å². The van der Waals surface area contributed by atoms with Crippen LogP contribution in [0.5, 0.6) is 0 Å². The molecule has 2 N–H and O–H groups in total. The number of nitrogen functional groups attached to an aromatic ring is 1. The number of rotatable bonds is 0. The van der Waals surface area contributed by atoms with Crippen molar-refractivity contribution in [3.8, 4) is 11.3 Å². The lowest BCUT2D eigenvalue weighted by Gasteiger charge is -2.01. The third-order valence-electron chi connectivity index (χ3n) is 2.60. The molecule has 0 bridgehead atoms. The van der Waals surface area contributed by atoms with Crippen molar-refractivity contribution in [1.29, 1.82) is 0 Å². The maximum absolute atomic E-state index is 13.6. The van der Waals surface area contributed by atoms with Crippen LogP contribution in [0.4, 0.5) is 10.3 Å². The molecule has 74 valence electrons. The Morgan fingerprint density at radius 2 is 2.13 bits per heavy atom. The van der Waals surface area contributed by atoms with Crippen molar-refractivity contribution in [3.05, 3.63) is 41.3 Å². The van der Waals surface area contributed by atoms with E-state index in [4.69, 9.17) is 5.73 Å². The van der Waals surface area contributed by atoms with Crippen LogP contribution in [0.2, 0.25) is 0 Å². The second-order valence-electron chi connectivity index (χ2n) is 3.55. The number of nitrogens with two attached hydrogens (primary N) is 1. The van der Waals surface area contributed by atoms with Gasteiger partial charge in [0.05, 0.1) is 5.69 Å². The van der Waals surface area contributed by atoms with E-state index in [0.717, 1.165) is 11.1 Å². The van der Waals surface area contributed by atoms with Crippen molar-refractivity contribution in [2.45, 2.75) is 6.42 Å². The number of aromatic nitrogens is 2. The van der Waals surface area contributed by atoms with Gasteiger partial charge < -0.3 is 5.73 Å². The summed E-state index contributed by atoms with van der Waals surface area (Å²) in [6, 6.07) is 5.04. The number of benzene rings is 1. The van der Waals surface area contributed by atoms with E-state index < -0.39 is 0 Å². The molecule has 0 amide bonds. The van der Waals surface area contributed by atoms with Gasteiger partial charge in [0.2, 0.25) is 5.95 Å². The number of hydrogen-bond donors (Lipinski definition) is 1. The monoisotopic (exact) mass is 201 g/mol. The van der Waals surface area contributed by atoms with Crippen LogP contribution in [0.25, 0.3) is 11.3 Å². The average molecular weight is 201 g/mol. The first-order chi connectivity index (χ1) is 7.25. The first kappa shape index (κ1) is 8.35. The molecule has 15 heavy (non-hydrogen) atoms. The molecule has 0 saturated carbocycles. The fourth-order valence-electron chi connectivity index (χ4n) is 1.95. The van der Waals surface area contributed by atoms with Gasteiger partial charge in [0.25, 0.3) is 0 Å². The fourth-order valence-corrected chi connectivity index (χ4v) is 1.95.